The number of benzene rings is 1. The van der Waals surface area contributed by atoms with Gasteiger partial charge in [-0.1, -0.05) is 50.6 Å². The maximum atomic E-state index is 11.8. The second-order valence-corrected chi connectivity index (χ2v) is 4.93. The molecule has 19 heavy (non-hydrogen) atoms. The van der Waals surface area contributed by atoms with Crippen molar-refractivity contribution in [1.29, 1.82) is 0 Å². The fourth-order valence-corrected chi connectivity index (χ4v) is 1.99. The van der Waals surface area contributed by atoms with Crippen LogP contribution >= 0.6 is 0 Å². The van der Waals surface area contributed by atoms with E-state index in [1.807, 2.05) is 44.2 Å². The van der Waals surface area contributed by atoms with Crippen molar-refractivity contribution in [3.63, 3.8) is 0 Å². The lowest BCUT2D eigenvalue weighted by atomic mass is 9.63. The van der Waals surface area contributed by atoms with E-state index in [2.05, 4.69) is 5.32 Å². The number of hydrogen-bond acceptors (Lipinski definition) is 3. The van der Waals surface area contributed by atoms with Crippen molar-refractivity contribution in [2.24, 2.45) is 5.92 Å². The van der Waals surface area contributed by atoms with Crippen LogP contribution in [0.3, 0.4) is 0 Å². The minimum Gasteiger partial charge on any atom is -0.427 e. The van der Waals surface area contributed by atoms with Crippen molar-refractivity contribution in [1.82, 2.24) is 5.32 Å². The molecule has 2 atom stereocenters. The molecule has 0 aliphatic carbocycles. The molecular weight excluding hydrogens is 241 g/mol. The molecule has 104 valence electrons. The summed E-state index contributed by atoms with van der Waals surface area (Å²) in [5.74, 6) is -0.467. The average Bonchev–Trinajstić information content (AvgIpc) is 2.42. The summed E-state index contributed by atoms with van der Waals surface area (Å²) in [6.07, 6.45) is 0.952. The zero-order valence-electron chi connectivity index (χ0n) is 11.5. The number of hydrogen-bond donors (Lipinski definition) is 3. The lowest BCUT2D eigenvalue weighted by Gasteiger charge is -2.21. The van der Waals surface area contributed by atoms with Gasteiger partial charge in [-0.2, -0.15) is 0 Å². The predicted octanol–water partition coefficient (Wildman–Crippen LogP) is 1.58. The first-order chi connectivity index (χ1) is 9.04. The van der Waals surface area contributed by atoms with E-state index in [1.54, 1.807) is 0 Å². The first-order valence-corrected chi connectivity index (χ1v) is 6.71. The standard InChI is InChI=1S/C14H22BNO3/c1-3-11(2)13(15(18)19)9-14(17)16-10-12-7-5-4-6-8-12/h4-8,11,13,18-19H,3,9-10H2,1-2H3,(H,16,17)/t11?,13-/m1/s1. The smallest absolute Gasteiger partial charge is 0.427 e. The Labute approximate surface area is 115 Å². The van der Waals surface area contributed by atoms with Gasteiger partial charge in [-0.3, -0.25) is 4.79 Å². The average molecular weight is 263 g/mol. The Bertz CT molecular complexity index is 384. The molecule has 0 heterocycles. The number of carbonyl (C=O) groups excluding carboxylic acids is 1. The Balaban J connectivity index is 2.45. The van der Waals surface area contributed by atoms with Gasteiger partial charge in [0.25, 0.3) is 0 Å². The molecular formula is C14H22BNO3. The van der Waals surface area contributed by atoms with Crippen LogP contribution in [0.1, 0.15) is 32.3 Å². The topological polar surface area (TPSA) is 69.6 Å². The minimum atomic E-state index is -1.45. The van der Waals surface area contributed by atoms with Crippen LogP contribution in [0.15, 0.2) is 30.3 Å². The molecule has 0 aliphatic heterocycles. The Kier molecular flexibility index (Phi) is 6.60. The molecule has 0 saturated heterocycles. The summed E-state index contributed by atoms with van der Waals surface area (Å²) >= 11 is 0. The van der Waals surface area contributed by atoms with Gasteiger partial charge in [-0.15, -0.1) is 0 Å². The van der Waals surface area contributed by atoms with Crippen molar-refractivity contribution in [3.05, 3.63) is 35.9 Å². The Morgan fingerprint density at radius 1 is 1.32 bits per heavy atom. The molecule has 0 bridgehead atoms. The number of amides is 1. The molecule has 0 aromatic heterocycles. The molecule has 0 aliphatic rings. The fraction of sp³-hybridized carbons (Fsp3) is 0.500. The number of rotatable bonds is 7. The van der Waals surface area contributed by atoms with Gasteiger partial charge in [0.2, 0.25) is 5.91 Å². The van der Waals surface area contributed by atoms with Crippen LogP contribution in [-0.2, 0) is 11.3 Å². The quantitative estimate of drug-likeness (QED) is 0.654. The normalized spacial score (nSPS) is 13.7. The maximum absolute atomic E-state index is 11.8. The Morgan fingerprint density at radius 3 is 2.47 bits per heavy atom. The maximum Gasteiger partial charge on any atom is 0.455 e. The summed E-state index contributed by atoms with van der Waals surface area (Å²) in [4.78, 5) is 11.8. The fourth-order valence-electron chi connectivity index (χ4n) is 1.99. The van der Waals surface area contributed by atoms with E-state index in [0.29, 0.717) is 6.54 Å². The summed E-state index contributed by atoms with van der Waals surface area (Å²) in [6, 6.07) is 9.63. The molecule has 0 radical (unpaired) electrons. The van der Waals surface area contributed by atoms with Gasteiger partial charge >= 0.3 is 7.12 Å². The van der Waals surface area contributed by atoms with Gasteiger partial charge in [0, 0.05) is 18.8 Å². The van der Waals surface area contributed by atoms with Crippen molar-refractivity contribution in [2.45, 2.75) is 39.1 Å². The van der Waals surface area contributed by atoms with E-state index in [4.69, 9.17) is 0 Å². The van der Waals surface area contributed by atoms with E-state index < -0.39 is 12.9 Å². The van der Waals surface area contributed by atoms with Crippen LogP contribution in [0.4, 0.5) is 0 Å². The van der Waals surface area contributed by atoms with Gasteiger partial charge < -0.3 is 15.4 Å². The van der Waals surface area contributed by atoms with Gasteiger partial charge in [0.1, 0.15) is 0 Å². The molecule has 0 spiro atoms. The highest BCUT2D eigenvalue weighted by Gasteiger charge is 2.30. The molecule has 1 amide bonds. The predicted molar refractivity (Wildman–Crippen MR) is 76.3 cm³/mol. The Morgan fingerprint density at radius 2 is 1.95 bits per heavy atom. The largest absolute Gasteiger partial charge is 0.455 e. The first-order valence-electron chi connectivity index (χ1n) is 6.71. The van der Waals surface area contributed by atoms with Gasteiger partial charge in [0.05, 0.1) is 0 Å². The monoisotopic (exact) mass is 263 g/mol. The van der Waals surface area contributed by atoms with Gasteiger partial charge in [-0.05, 0) is 11.5 Å². The molecule has 5 heteroatoms. The van der Waals surface area contributed by atoms with Crippen molar-refractivity contribution in [2.75, 3.05) is 0 Å². The van der Waals surface area contributed by atoms with Crippen molar-refractivity contribution >= 4 is 13.0 Å². The second kappa shape index (κ2) is 7.97. The van der Waals surface area contributed by atoms with Crippen LogP contribution in [-0.4, -0.2) is 23.1 Å². The summed E-state index contributed by atoms with van der Waals surface area (Å²) in [5.41, 5.74) is 1.03. The van der Waals surface area contributed by atoms with E-state index in [-0.39, 0.29) is 18.2 Å². The Hall–Kier alpha value is -1.33. The van der Waals surface area contributed by atoms with Crippen LogP contribution < -0.4 is 5.32 Å². The molecule has 4 nitrogen and oxygen atoms in total. The van der Waals surface area contributed by atoms with E-state index in [0.717, 1.165) is 12.0 Å². The van der Waals surface area contributed by atoms with Crippen LogP contribution in [0.25, 0.3) is 0 Å². The summed E-state index contributed by atoms with van der Waals surface area (Å²) in [7, 11) is -1.45. The minimum absolute atomic E-state index is 0.0995. The van der Waals surface area contributed by atoms with E-state index >= 15 is 0 Å². The highest BCUT2D eigenvalue weighted by molar-refractivity contribution is 6.43. The molecule has 1 unspecified atom stereocenters. The molecule has 1 aromatic rings. The molecule has 1 rings (SSSR count). The lowest BCUT2D eigenvalue weighted by molar-refractivity contribution is -0.121. The zero-order valence-corrected chi connectivity index (χ0v) is 11.5. The molecule has 0 fully saturated rings. The van der Waals surface area contributed by atoms with Gasteiger partial charge in [-0.25, -0.2) is 0 Å². The number of carbonyl (C=O) groups is 1. The van der Waals surface area contributed by atoms with E-state index in [1.165, 1.54) is 0 Å². The SMILES string of the molecule is CCC(C)[C@@H](CC(=O)NCc1ccccc1)B(O)O. The highest BCUT2D eigenvalue weighted by Crippen LogP contribution is 2.26. The van der Waals surface area contributed by atoms with Crippen LogP contribution in [0.5, 0.6) is 0 Å². The van der Waals surface area contributed by atoms with Crippen LogP contribution in [0, 0.1) is 5.92 Å². The van der Waals surface area contributed by atoms with E-state index in [9.17, 15) is 14.8 Å². The summed E-state index contributed by atoms with van der Waals surface area (Å²) in [6.45, 7) is 4.37. The van der Waals surface area contributed by atoms with Gasteiger partial charge in [0.15, 0.2) is 0 Å². The summed E-state index contributed by atoms with van der Waals surface area (Å²) < 4.78 is 0. The molecule has 0 saturated carbocycles. The third-order valence-electron chi connectivity index (χ3n) is 3.51. The first kappa shape index (κ1) is 15.7. The van der Waals surface area contributed by atoms with Crippen molar-refractivity contribution in [3.8, 4) is 0 Å². The zero-order chi connectivity index (χ0) is 14.3. The van der Waals surface area contributed by atoms with Crippen LogP contribution in [0.2, 0.25) is 5.82 Å². The number of nitrogens with one attached hydrogen (secondary N) is 1. The summed E-state index contributed by atoms with van der Waals surface area (Å²) in [5, 5.41) is 21.4. The van der Waals surface area contributed by atoms with Crippen molar-refractivity contribution < 1.29 is 14.8 Å². The molecule has 3 N–H and O–H groups in total. The third kappa shape index (κ3) is 5.45. The second-order valence-electron chi connectivity index (χ2n) is 4.93. The highest BCUT2D eigenvalue weighted by atomic mass is 16.4. The third-order valence-corrected chi connectivity index (χ3v) is 3.51. The lowest BCUT2D eigenvalue weighted by Crippen LogP contribution is -2.32. The molecule has 1 aromatic carbocycles.